The molecule has 41 heavy (non-hydrogen) atoms. The van der Waals surface area contributed by atoms with Crippen LogP contribution in [0.2, 0.25) is 0 Å². The molecule has 0 saturated carbocycles. The van der Waals surface area contributed by atoms with Crippen LogP contribution in [0.3, 0.4) is 0 Å². The van der Waals surface area contributed by atoms with Gasteiger partial charge in [-0.3, -0.25) is 4.90 Å². The normalized spacial score (nSPS) is 14.3. The summed E-state index contributed by atoms with van der Waals surface area (Å²) in [6, 6.07) is 16.5. The van der Waals surface area contributed by atoms with Gasteiger partial charge in [0.1, 0.15) is 10.4 Å². The van der Waals surface area contributed by atoms with Crippen molar-refractivity contribution in [3.8, 4) is 17.7 Å². The zero-order valence-corrected chi connectivity index (χ0v) is 24.3. The number of fused-ring (bicyclic) bond motifs is 1. The highest BCUT2D eigenvalue weighted by molar-refractivity contribution is 7.17. The largest absolute Gasteiger partial charge is 0.437 e. The number of hydrogen-bond donors (Lipinski definition) is 1. The van der Waals surface area contributed by atoms with E-state index in [1.54, 1.807) is 11.3 Å². The third-order valence-corrected chi connectivity index (χ3v) is 8.44. The SMILES string of the molecule is Cc1ccccc1Cn1cc(CN2CCC(Nc3nc(Oc4c(C)cc(C#N)cc4C)c4sccc4n3)CC2)nn1. The first-order valence-corrected chi connectivity index (χ1v) is 14.7. The highest BCUT2D eigenvalue weighted by atomic mass is 32.1. The topological polar surface area (TPSA) is 105 Å². The summed E-state index contributed by atoms with van der Waals surface area (Å²) in [6.07, 6.45) is 4.01. The van der Waals surface area contributed by atoms with Crippen LogP contribution in [0.1, 0.15) is 46.4 Å². The second-order valence-electron chi connectivity index (χ2n) is 10.7. The third-order valence-electron chi connectivity index (χ3n) is 7.55. The molecule has 1 fully saturated rings. The first kappa shape index (κ1) is 26.9. The standard InChI is InChI=1S/C31H32N8OS/c1-20-6-4-5-7-24(20)17-39-19-26(36-37-39)18-38-11-8-25(9-12-38)33-31-34-27-10-13-41-29(27)30(35-31)40-28-21(2)14-23(16-32)15-22(28)3/h4-7,10,13-15,19,25H,8-9,11-12,17-18H2,1-3H3,(H,33,34,35). The van der Waals surface area contributed by atoms with E-state index in [2.05, 4.69) is 64.0 Å². The number of rotatable bonds is 8. The Morgan fingerprint density at radius 3 is 2.56 bits per heavy atom. The summed E-state index contributed by atoms with van der Waals surface area (Å²) in [7, 11) is 0. The van der Waals surface area contributed by atoms with Crippen LogP contribution in [-0.2, 0) is 13.1 Å². The van der Waals surface area contributed by atoms with Crippen molar-refractivity contribution in [3.63, 3.8) is 0 Å². The number of nitrogens with one attached hydrogen (secondary N) is 1. The molecule has 1 aliphatic rings. The van der Waals surface area contributed by atoms with Crippen molar-refractivity contribution in [3.05, 3.63) is 87.6 Å². The molecular formula is C31H32N8OS. The Balaban J connectivity index is 1.08. The smallest absolute Gasteiger partial charge is 0.242 e. The van der Waals surface area contributed by atoms with Crippen LogP contribution in [0.25, 0.3) is 10.2 Å². The molecular weight excluding hydrogens is 532 g/mol. The monoisotopic (exact) mass is 564 g/mol. The van der Waals surface area contributed by atoms with Crippen LogP contribution < -0.4 is 10.1 Å². The number of thiophene rings is 1. The van der Waals surface area contributed by atoms with Crippen molar-refractivity contribution in [2.24, 2.45) is 0 Å². The van der Waals surface area contributed by atoms with Crippen LogP contribution in [0.4, 0.5) is 5.95 Å². The van der Waals surface area contributed by atoms with Gasteiger partial charge in [-0.25, -0.2) is 9.67 Å². The fourth-order valence-corrected chi connectivity index (χ4v) is 6.10. The molecule has 1 aliphatic heterocycles. The lowest BCUT2D eigenvalue weighted by molar-refractivity contribution is 0.209. The maximum absolute atomic E-state index is 9.29. The highest BCUT2D eigenvalue weighted by Gasteiger charge is 2.22. The summed E-state index contributed by atoms with van der Waals surface area (Å²) in [4.78, 5) is 12.0. The minimum atomic E-state index is 0.269. The van der Waals surface area contributed by atoms with Crippen molar-refractivity contribution in [1.82, 2.24) is 29.9 Å². The van der Waals surface area contributed by atoms with Crippen LogP contribution in [0.15, 0.2) is 54.0 Å². The van der Waals surface area contributed by atoms with Gasteiger partial charge < -0.3 is 10.1 Å². The van der Waals surface area contributed by atoms with Crippen molar-refractivity contribution in [2.45, 2.75) is 52.7 Å². The first-order chi connectivity index (χ1) is 19.9. The quantitative estimate of drug-likeness (QED) is 0.245. The lowest BCUT2D eigenvalue weighted by atomic mass is 10.1. The van der Waals surface area contributed by atoms with Gasteiger partial charge in [-0.1, -0.05) is 29.5 Å². The van der Waals surface area contributed by atoms with Crippen molar-refractivity contribution >= 4 is 27.5 Å². The number of aromatic nitrogens is 5. The average molecular weight is 565 g/mol. The second kappa shape index (κ2) is 11.6. The molecule has 3 aromatic heterocycles. The molecule has 10 heteroatoms. The summed E-state index contributed by atoms with van der Waals surface area (Å²) < 4.78 is 9.18. The van der Waals surface area contributed by atoms with E-state index in [-0.39, 0.29) is 6.04 Å². The zero-order valence-electron chi connectivity index (χ0n) is 23.5. The Bertz CT molecular complexity index is 1700. The van der Waals surface area contributed by atoms with E-state index >= 15 is 0 Å². The van der Waals surface area contributed by atoms with E-state index in [1.165, 1.54) is 11.1 Å². The fourth-order valence-electron chi connectivity index (χ4n) is 5.34. The van der Waals surface area contributed by atoms with Crippen molar-refractivity contribution in [1.29, 1.82) is 5.26 Å². The Hall–Kier alpha value is -4.33. The maximum Gasteiger partial charge on any atom is 0.242 e. The fraction of sp³-hybridized carbons (Fsp3) is 0.323. The van der Waals surface area contributed by atoms with E-state index in [1.807, 2.05) is 42.1 Å². The van der Waals surface area contributed by atoms with E-state index in [0.29, 0.717) is 17.4 Å². The molecule has 0 radical (unpaired) electrons. The molecule has 1 saturated heterocycles. The van der Waals surface area contributed by atoms with E-state index in [9.17, 15) is 5.26 Å². The number of ether oxygens (including phenoxy) is 1. The summed E-state index contributed by atoms with van der Waals surface area (Å²) in [5.74, 6) is 1.84. The number of hydrogen-bond acceptors (Lipinski definition) is 9. The van der Waals surface area contributed by atoms with Crippen molar-refractivity contribution < 1.29 is 4.74 Å². The Morgan fingerprint density at radius 1 is 1.02 bits per heavy atom. The van der Waals surface area contributed by atoms with Gasteiger partial charge in [0.25, 0.3) is 0 Å². The molecule has 0 amide bonds. The number of benzene rings is 2. The first-order valence-electron chi connectivity index (χ1n) is 13.8. The van der Waals surface area contributed by atoms with Gasteiger partial charge in [0.05, 0.1) is 35.6 Å². The Kier molecular flexibility index (Phi) is 7.63. The van der Waals surface area contributed by atoms with Crippen LogP contribution in [0, 0.1) is 32.1 Å². The third kappa shape index (κ3) is 6.06. The summed E-state index contributed by atoms with van der Waals surface area (Å²) in [6.45, 7) is 9.46. The molecule has 208 valence electrons. The van der Waals surface area contributed by atoms with Gasteiger partial charge >= 0.3 is 0 Å². The number of aryl methyl sites for hydroxylation is 3. The van der Waals surface area contributed by atoms with E-state index in [4.69, 9.17) is 14.7 Å². The van der Waals surface area contributed by atoms with Crippen LogP contribution in [0.5, 0.6) is 11.6 Å². The summed E-state index contributed by atoms with van der Waals surface area (Å²) in [5, 5.41) is 23.6. The van der Waals surface area contributed by atoms with E-state index in [0.717, 1.165) is 71.8 Å². The molecule has 1 N–H and O–H groups in total. The molecule has 0 unspecified atom stereocenters. The predicted molar refractivity (Wildman–Crippen MR) is 160 cm³/mol. The second-order valence-corrected chi connectivity index (χ2v) is 11.6. The molecule has 5 aromatic rings. The van der Waals surface area contributed by atoms with Gasteiger partial charge in [0.2, 0.25) is 11.8 Å². The Morgan fingerprint density at radius 2 is 1.80 bits per heavy atom. The van der Waals surface area contributed by atoms with Gasteiger partial charge in [-0.2, -0.15) is 10.2 Å². The summed E-state index contributed by atoms with van der Waals surface area (Å²) in [5.41, 5.74) is 6.80. The minimum Gasteiger partial charge on any atom is -0.437 e. The molecule has 0 bridgehead atoms. The number of nitriles is 1. The highest BCUT2D eigenvalue weighted by Crippen LogP contribution is 2.36. The molecule has 0 spiro atoms. The molecule has 2 aromatic carbocycles. The lowest BCUT2D eigenvalue weighted by Crippen LogP contribution is -2.39. The molecule has 9 nitrogen and oxygen atoms in total. The van der Waals surface area contributed by atoms with Gasteiger partial charge in [-0.05, 0) is 79.4 Å². The van der Waals surface area contributed by atoms with Crippen LogP contribution >= 0.6 is 11.3 Å². The summed E-state index contributed by atoms with van der Waals surface area (Å²) >= 11 is 1.56. The lowest BCUT2D eigenvalue weighted by Gasteiger charge is -2.31. The maximum atomic E-state index is 9.29. The molecule has 4 heterocycles. The van der Waals surface area contributed by atoms with Crippen molar-refractivity contribution in [2.75, 3.05) is 18.4 Å². The Labute approximate surface area is 243 Å². The number of piperidine rings is 1. The molecule has 6 rings (SSSR count). The number of likely N-dealkylation sites (tertiary alicyclic amines) is 1. The molecule has 0 aliphatic carbocycles. The van der Waals surface area contributed by atoms with Gasteiger partial charge in [0, 0.05) is 25.7 Å². The van der Waals surface area contributed by atoms with E-state index < -0.39 is 0 Å². The van der Waals surface area contributed by atoms with Crippen LogP contribution in [-0.4, -0.2) is 49.0 Å². The average Bonchev–Trinajstić information content (AvgIpc) is 3.62. The minimum absolute atomic E-state index is 0.269. The predicted octanol–water partition coefficient (Wildman–Crippen LogP) is 6.00. The number of nitrogens with zero attached hydrogens (tertiary/aromatic N) is 7. The van der Waals surface area contributed by atoms with Gasteiger partial charge in [-0.15, -0.1) is 16.4 Å². The van der Waals surface area contributed by atoms with Gasteiger partial charge in [0.15, 0.2) is 0 Å². The zero-order chi connectivity index (χ0) is 28.3. The number of anilines is 1. The molecule has 0 atom stereocenters.